The van der Waals surface area contributed by atoms with Gasteiger partial charge in [-0.3, -0.25) is 4.79 Å². The largest absolute Gasteiger partial charge is 0.489 e. The average Bonchev–Trinajstić information content (AvgIpc) is 2.37. The number of carbonyl (C=O) groups is 1. The molecule has 3 N–H and O–H groups in total. The molecule has 1 aromatic rings. The fourth-order valence-corrected chi connectivity index (χ4v) is 1.70. The minimum Gasteiger partial charge on any atom is -0.489 e. The van der Waals surface area contributed by atoms with Crippen LogP contribution in [0.1, 0.15) is 17.3 Å². The number of amides is 1. The molecule has 0 bridgehead atoms. The van der Waals surface area contributed by atoms with Gasteiger partial charge in [0, 0.05) is 12.6 Å². The molecule has 1 heterocycles. The Bertz CT molecular complexity index is 420. The number of benzene rings is 1. The van der Waals surface area contributed by atoms with E-state index in [0.29, 0.717) is 17.9 Å². The summed E-state index contributed by atoms with van der Waals surface area (Å²) in [7, 11) is 0. The summed E-state index contributed by atoms with van der Waals surface area (Å²) in [6.07, 6.45) is 0. The first kappa shape index (κ1) is 11.7. The van der Waals surface area contributed by atoms with Gasteiger partial charge in [0.1, 0.15) is 6.61 Å². The molecule has 92 valence electrons. The highest BCUT2D eigenvalue weighted by Gasteiger charge is 2.19. The summed E-state index contributed by atoms with van der Waals surface area (Å²) >= 11 is 0. The maximum atomic E-state index is 12.0. The van der Waals surface area contributed by atoms with Gasteiger partial charge < -0.3 is 20.5 Å². The SMILES string of the molecule is CC(CO)NC(=O)c1cccc2c1OCCN2. The van der Waals surface area contributed by atoms with Crippen molar-refractivity contribution in [3.63, 3.8) is 0 Å². The monoisotopic (exact) mass is 236 g/mol. The zero-order chi connectivity index (χ0) is 12.3. The molecule has 17 heavy (non-hydrogen) atoms. The topological polar surface area (TPSA) is 70.6 Å². The molecular weight excluding hydrogens is 220 g/mol. The fraction of sp³-hybridized carbons (Fsp3) is 0.417. The Labute approximate surface area is 99.8 Å². The van der Waals surface area contributed by atoms with Crippen LogP contribution in [-0.2, 0) is 0 Å². The zero-order valence-electron chi connectivity index (χ0n) is 9.69. The molecule has 0 aromatic heterocycles. The number of nitrogens with one attached hydrogen (secondary N) is 2. The number of fused-ring (bicyclic) bond motifs is 1. The van der Waals surface area contributed by atoms with Crippen LogP contribution in [0.4, 0.5) is 5.69 Å². The maximum Gasteiger partial charge on any atom is 0.255 e. The van der Waals surface area contributed by atoms with Gasteiger partial charge in [0.05, 0.1) is 17.9 Å². The number of hydrogen-bond acceptors (Lipinski definition) is 4. The number of carbonyl (C=O) groups excluding carboxylic acids is 1. The lowest BCUT2D eigenvalue weighted by molar-refractivity contribution is 0.0918. The number of ether oxygens (including phenoxy) is 1. The summed E-state index contributed by atoms with van der Waals surface area (Å²) in [5.74, 6) is 0.355. The first-order valence-corrected chi connectivity index (χ1v) is 5.63. The molecule has 5 heteroatoms. The highest BCUT2D eigenvalue weighted by Crippen LogP contribution is 2.31. The Balaban J connectivity index is 2.23. The lowest BCUT2D eigenvalue weighted by atomic mass is 10.1. The molecular formula is C12H16N2O3. The second-order valence-corrected chi connectivity index (χ2v) is 4.01. The van der Waals surface area contributed by atoms with Gasteiger partial charge in [-0.2, -0.15) is 0 Å². The first-order valence-electron chi connectivity index (χ1n) is 5.63. The average molecular weight is 236 g/mol. The predicted molar refractivity (Wildman–Crippen MR) is 64.4 cm³/mol. The lowest BCUT2D eigenvalue weighted by Gasteiger charge is -2.22. The van der Waals surface area contributed by atoms with Crippen LogP contribution < -0.4 is 15.4 Å². The molecule has 5 nitrogen and oxygen atoms in total. The Morgan fingerprint density at radius 3 is 3.24 bits per heavy atom. The smallest absolute Gasteiger partial charge is 0.255 e. The molecule has 1 atom stereocenters. The van der Waals surface area contributed by atoms with Crippen molar-refractivity contribution in [1.82, 2.24) is 5.32 Å². The summed E-state index contributed by atoms with van der Waals surface area (Å²) < 4.78 is 5.51. The van der Waals surface area contributed by atoms with Gasteiger partial charge in [0.15, 0.2) is 5.75 Å². The Hall–Kier alpha value is -1.75. The van der Waals surface area contributed by atoms with E-state index in [-0.39, 0.29) is 18.6 Å². The van der Waals surface area contributed by atoms with Gasteiger partial charge >= 0.3 is 0 Å². The number of aliphatic hydroxyl groups excluding tert-OH is 1. The molecule has 2 rings (SSSR count). The summed E-state index contributed by atoms with van der Waals surface area (Å²) in [4.78, 5) is 12.0. The third kappa shape index (κ3) is 2.50. The lowest BCUT2D eigenvalue weighted by Crippen LogP contribution is -2.35. The van der Waals surface area contributed by atoms with Crippen LogP contribution in [0.25, 0.3) is 0 Å². The van der Waals surface area contributed by atoms with Crippen LogP contribution in [0.5, 0.6) is 5.75 Å². The van der Waals surface area contributed by atoms with Crippen LogP contribution in [0, 0.1) is 0 Å². The normalized spacial score (nSPS) is 15.2. The van der Waals surface area contributed by atoms with E-state index < -0.39 is 0 Å². The van der Waals surface area contributed by atoms with E-state index in [1.165, 1.54) is 0 Å². The quantitative estimate of drug-likeness (QED) is 0.719. The van der Waals surface area contributed by atoms with Gasteiger partial charge in [-0.05, 0) is 19.1 Å². The summed E-state index contributed by atoms with van der Waals surface area (Å²) in [6.45, 7) is 2.95. The Morgan fingerprint density at radius 2 is 2.47 bits per heavy atom. The maximum absolute atomic E-state index is 12.0. The Kier molecular flexibility index (Phi) is 3.49. The molecule has 1 amide bonds. The first-order chi connectivity index (χ1) is 8.22. The summed E-state index contributed by atoms with van der Waals surface area (Å²) in [5, 5.41) is 14.8. The molecule has 0 saturated heterocycles. The Morgan fingerprint density at radius 1 is 1.65 bits per heavy atom. The summed E-state index contributed by atoms with van der Waals surface area (Å²) in [6, 6.07) is 5.13. The number of anilines is 1. The van der Waals surface area contributed by atoms with Gasteiger partial charge in [-0.25, -0.2) is 0 Å². The number of rotatable bonds is 3. The van der Waals surface area contributed by atoms with Crippen LogP contribution >= 0.6 is 0 Å². The zero-order valence-corrected chi connectivity index (χ0v) is 9.69. The number of para-hydroxylation sites is 1. The standard InChI is InChI=1S/C12H16N2O3/c1-8(7-15)14-12(16)9-3-2-4-10-11(9)17-6-5-13-10/h2-4,8,13,15H,5-7H2,1H3,(H,14,16). The third-order valence-corrected chi connectivity index (χ3v) is 2.57. The molecule has 1 unspecified atom stereocenters. The van der Waals surface area contributed by atoms with E-state index in [2.05, 4.69) is 10.6 Å². The van der Waals surface area contributed by atoms with Crippen molar-refractivity contribution in [3.05, 3.63) is 23.8 Å². The van der Waals surface area contributed by atoms with Crippen LogP contribution in [0.15, 0.2) is 18.2 Å². The third-order valence-electron chi connectivity index (χ3n) is 2.57. The van der Waals surface area contributed by atoms with Crippen molar-refractivity contribution in [2.45, 2.75) is 13.0 Å². The number of aliphatic hydroxyl groups is 1. The molecule has 0 saturated carbocycles. The van der Waals surface area contributed by atoms with Crippen molar-refractivity contribution in [2.75, 3.05) is 25.1 Å². The van der Waals surface area contributed by atoms with E-state index in [9.17, 15) is 4.79 Å². The van der Waals surface area contributed by atoms with Crippen molar-refractivity contribution in [3.8, 4) is 5.75 Å². The van der Waals surface area contributed by atoms with Gasteiger partial charge in [-0.15, -0.1) is 0 Å². The van der Waals surface area contributed by atoms with Crippen molar-refractivity contribution < 1.29 is 14.6 Å². The van der Waals surface area contributed by atoms with Gasteiger partial charge in [0.25, 0.3) is 5.91 Å². The minimum atomic E-state index is -0.269. The van der Waals surface area contributed by atoms with E-state index >= 15 is 0 Å². The van der Waals surface area contributed by atoms with Gasteiger partial charge in [0.2, 0.25) is 0 Å². The minimum absolute atomic E-state index is 0.0835. The second kappa shape index (κ2) is 5.05. The van der Waals surface area contributed by atoms with Gasteiger partial charge in [-0.1, -0.05) is 6.07 Å². The van der Waals surface area contributed by atoms with Crippen molar-refractivity contribution >= 4 is 11.6 Å². The van der Waals surface area contributed by atoms with Crippen LogP contribution in [-0.4, -0.2) is 36.8 Å². The predicted octanol–water partition coefficient (Wildman–Crippen LogP) is 0.602. The van der Waals surface area contributed by atoms with Crippen molar-refractivity contribution in [1.29, 1.82) is 0 Å². The highest BCUT2D eigenvalue weighted by molar-refractivity contribution is 5.99. The van der Waals surface area contributed by atoms with E-state index in [1.807, 2.05) is 6.07 Å². The number of hydrogen-bond donors (Lipinski definition) is 3. The molecule has 0 spiro atoms. The molecule has 1 aliphatic rings. The van der Waals surface area contributed by atoms with E-state index in [4.69, 9.17) is 9.84 Å². The van der Waals surface area contributed by atoms with Crippen LogP contribution in [0.3, 0.4) is 0 Å². The second-order valence-electron chi connectivity index (χ2n) is 4.01. The summed E-state index contributed by atoms with van der Waals surface area (Å²) in [5.41, 5.74) is 1.33. The van der Waals surface area contributed by atoms with Crippen LogP contribution in [0.2, 0.25) is 0 Å². The molecule has 1 aromatic carbocycles. The molecule has 1 aliphatic heterocycles. The molecule has 0 aliphatic carbocycles. The van der Waals surface area contributed by atoms with E-state index in [1.54, 1.807) is 19.1 Å². The van der Waals surface area contributed by atoms with Crippen molar-refractivity contribution in [2.24, 2.45) is 0 Å². The van der Waals surface area contributed by atoms with E-state index in [0.717, 1.165) is 12.2 Å². The molecule has 0 fully saturated rings. The highest BCUT2D eigenvalue weighted by atomic mass is 16.5. The molecule has 0 radical (unpaired) electrons. The fourth-order valence-electron chi connectivity index (χ4n) is 1.70.